The number of fused-ring (bicyclic) bond motifs is 1. The standard InChI is InChI=1S/C17H15FN2O/c1-11(15-10-13(18)4-7-17(15)21)20-14-5-6-16-12(9-14)3-2-8-19-16/h2-11,20-21H,1H3. The minimum absolute atomic E-state index is 0.0823. The minimum Gasteiger partial charge on any atom is -0.508 e. The highest BCUT2D eigenvalue weighted by Gasteiger charge is 2.11. The Labute approximate surface area is 122 Å². The van der Waals surface area contributed by atoms with Gasteiger partial charge in [-0.05, 0) is 49.4 Å². The van der Waals surface area contributed by atoms with E-state index in [1.165, 1.54) is 18.2 Å². The molecule has 0 aliphatic carbocycles. The SMILES string of the molecule is CC(Nc1ccc2ncccc2c1)c1cc(F)ccc1O. The molecule has 1 atom stereocenters. The molecule has 0 radical (unpaired) electrons. The molecule has 0 saturated carbocycles. The molecule has 0 amide bonds. The van der Waals surface area contributed by atoms with Gasteiger partial charge in [0, 0.05) is 22.8 Å². The van der Waals surface area contributed by atoms with E-state index in [0.29, 0.717) is 5.56 Å². The number of pyridine rings is 1. The van der Waals surface area contributed by atoms with Crippen molar-refractivity contribution in [2.24, 2.45) is 0 Å². The van der Waals surface area contributed by atoms with Gasteiger partial charge in [0.2, 0.25) is 0 Å². The van der Waals surface area contributed by atoms with Crippen molar-refractivity contribution in [2.75, 3.05) is 5.32 Å². The summed E-state index contributed by atoms with van der Waals surface area (Å²) in [5.74, 6) is -0.280. The first-order valence-corrected chi connectivity index (χ1v) is 6.73. The van der Waals surface area contributed by atoms with Crippen molar-refractivity contribution in [1.82, 2.24) is 4.98 Å². The summed E-state index contributed by atoms with van der Waals surface area (Å²) in [6, 6.07) is 13.4. The summed E-state index contributed by atoms with van der Waals surface area (Å²) < 4.78 is 13.3. The van der Waals surface area contributed by atoms with Gasteiger partial charge in [-0.3, -0.25) is 4.98 Å². The molecule has 106 valence electrons. The summed E-state index contributed by atoms with van der Waals surface area (Å²) in [6.07, 6.45) is 1.75. The predicted octanol–water partition coefficient (Wildman–Crippen LogP) is 4.25. The molecule has 3 aromatic rings. The van der Waals surface area contributed by atoms with Gasteiger partial charge < -0.3 is 10.4 Å². The number of hydrogen-bond acceptors (Lipinski definition) is 3. The lowest BCUT2D eigenvalue weighted by Crippen LogP contribution is -2.07. The second kappa shape index (κ2) is 5.40. The largest absolute Gasteiger partial charge is 0.508 e. The van der Waals surface area contributed by atoms with E-state index in [1.807, 2.05) is 37.3 Å². The van der Waals surface area contributed by atoms with E-state index in [2.05, 4.69) is 10.3 Å². The normalized spacial score (nSPS) is 12.3. The molecule has 1 aromatic heterocycles. The second-order valence-corrected chi connectivity index (χ2v) is 4.98. The van der Waals surface area contributed by atoms with Crippen LogP contribution in [0.3, 0.4) is 0 Å². The van der Waals surface area contributed by atoms with Crippen molar-refractivity contribution < 1.29 is 9.50 Å². The van der Waals surface area contributed by atoms with E-state index in [9.17, 15) is 9.50 Å². The zero-order chi connectivity index (χ0) is 14.8. The van der Waals surface area contributed by atoms with Crippen LogP contribution in [-0.2, 0) is 0 Å². The van der Waals surface area contributed by atoms with Crippen LogP contribution >= 0.6 is 0 Å². The molecule has 0 spiro atoms. The molecule has 1 heterocycles. The number of aromatic hydroxyl groups is 1. The Morgan fingerprint density at radius 2 is 2.00 bits per heavy atom. The molecule has 2 N–H and O–H groups in total. The maximum Gasteiger partial charge on any atom is 0.123 e. The smallest absolute Gasteiger partial charge is 0.123 e. The lowest BCUT2D eigenvalue weighted by atomic mass is 10.1. The monoisotopic (exact) mass is 282 g/mol. The first-order valence-electron chi connectivity index (χ1n) is 6.73. The van der Waals surface area contributed by atoms with E-state index in [4.69, 9.17) is 0 Å². The van der Waals surface area contributed by atoms with Crippen LogP contribution in [0.25, 0.3) is 10.9 Å². The van der Waals surface area contributed by atoms with Gasteiger partial charge in [-0.25, -0.2) is 4.39 Å². The van der Waals surface area contributed by atoms with E-state index in [1.54, 1.807) is 6.20 Å². The third-order valence-electron chi connectivity index (χ3n) is 3.44. The highest BCUT2D eigenvalue weighted by Crippen LogP contribution is 2.28. The number of rotatable bonds is 3. The number of phenols is 1. The van der Waals surface area contributed by atoms with Crippen molar-refractivity contribution in [3.8, 4) is 5.75 Å². The van der Waals surface area contributed by atoms with Crippen LogP contribution in [0, 0.1) is 5.82 Å². The number of aromatic nitrogens is 1. The molecule has 0 aliphatic heterocycles. The molecule has 0 bridgehead atoms. The average molecular weight is 282 g/mol. The Morgan fingerprint density at radius 3 is 2.86 bits per heavy atom. The van der Waals surface area contributed by atoms with Crippen LogP contribution in [0.15, 0.2) is 54.7 Å². The number of benzene rings is 2. The first kappa shape index (κ1) is 13.4. The third kappa shape index (κ3) is 2.79. The number of nitrogens with zero attached hydrogens (tertiary/aromatic N) is 1. The summed E-state index contributed by atoms with van der Waals surface area (Å²) in [7, 11) is 0. The maximum atomic E-state index is 13.3. The van der Waals surface area contributed by atoms with Crippen LogP contribution in [0.4, 0.5) is 10.1 Å². The number of anilines is 1. The topological polar surface area (TPSA) is 45.2 Å². The van der Waals surface area contributed by atoms with Crippen LogP contribution < -0.4 is 5.32 Å². The van der Waals surface area contributed by atoms with Crippen LogP contribution in [0.1, 0.15) is 18.5 Å². The molecular formula is C17H15FN2O. The summed E-state index contributed by atoms with van der Waals surface area (Å²) in [6.45, 7) is 1.88. The van der Waals surface area contributed by atoms with E-state index in [0.717, 1.165) is 16.6 Å². The molecule has 0 fully saturated rings. The van der Waals surface area contributed by atoms with Crippen molar-refractivity contribution in [1.29, 1.82) is 0 Å². The van der Waals surface area contributed by atoms with Crippen molar-refractivity contribution in [2.45, 2.75) is 13.0 Å². The van der Waals surface area contributed by atoms with Gasteiger partial charge >= 0.3 is 0 Å². The Morgan fingerprint density at radius 1 is 1.14 bits per heavy atom. The number of hydrogen-bond donors (Lipinski definition) is 2. The predicted molar refractivity (Wildman–Crippen MR) is 81.8 cm³/mol. The van der Waals surface area contributed by atoms with Gasteiger partial charge in [0.1, 0.15) is 11.6 Å². The summed E-state index contributed by atoms with van der Waals surface area (Å²) in [4.78, 5) is 4.27. The maximum absolute atomic E-state index is 13.3. The molecule has 2 aromatic carbocycles. The molecule has 3 nitrogen and oxygen atoms in total. The van der Waals surface area contributed by atoms with Gasteiger partial charge in [-0.1, -0.05) is 6.07 Å². The fourth-order valence-corrected chi connectivity index (χ4v) is 2.37. The summed E-state index contributed by atoms with van der Waals surface area (Å²) in [5, 5.41) is 14.1. The molecule has 4 heteroatoms. The Balaban J connectivity index is 1.88. The van der Waals surface area contributed by atoms with Gasteiger partial charge in [-0.2, -0.15) is 0 Å². The number of halogens is 1. The Kier molecular flexibility index (Phi) is 3.44. The van der Waals surface area contributed by atoms with Crippen LogP contribution in [0.5, 0.6) is 5.75 Å². The minimum atomic E-state index is -0.362. The highest BCUT2D eigenvalue weighted by molar-refractivity contribution is 5.82. The highest BCUT2D eigenvalue weighted by atomic mass is 19.1. The fourth-order valence-electron chi connectivity index (χ4n) is 2.37. The zero-order valence-electron chi connectivity index (χ0n) is 11.5. The quantitative estimate of drug-likeness (QED) is 0.754. The van der Waals surface area contributed by atoms with E-state index >= 15 is 0 Å². The fraction of sp³-hybridized carbons (Fsp3) is 0.118. The lowest BCUT2D eigenvalue weighted by Gasteiger charge is -2.17. The van der Waals surface area contributed by atoms with Crippen molar-refractivity contribution >= 4 is 16.6 Å². The molecule has 3 rings (SSSR count). The lowest BCUT2D eigenvalue weighted by molar-refractivity contribution is 0.462. The van der Waals surface area contributed by atoms with E-state index < -0.39 is 0 Å². The molecule has 1 unspecified atom stereocenters. The van der Waals surface area contributed by atoms with Crippen molar-refractivity contribution in [3.05, 3.63) is 66.1 Å². The molecule has 21 heavy (non-hydrogen) atoms. The van der Waals surface area contributed by atoms with Gasteiger partial charge in [0.15, 0.2) is 0 Å². The average Bonchev–Trinajstić information content (AvgIpc) is 2.49. The molecular weight excluding hydrogens is 267 g/mol. The number of nitrogens with one attached hydrogen (secondary N) is 1. The Hall–Kier alpha value is -2.62. The van der Waals surface area contributed by atoms with Gasteiger partial charge in [-0.15, -0.1) is 0 Å². The Bertz CT molecular complexity index is 789. The first-order chi connectivity index (χ1) is 10.1. The van der Waals surface area contributed by atoms with Crippen LogP contribution in [0.2, 0.25) is 0 Å². The van der Waals surface area contributed by atoms with Crippen molar-refractivity contribution in [3.63, 3.8) is 0 Å². The number of phenolic OH excluding ortho intramolecular Hbond substituents is 1. The van der Waals surface area contributed by atoms with Gasteiger partial charge in [0.25, 0.3) is 0 Å². The summed E-state index contributed by atoms with van der Waals surface area (Å²) in [5.41, 5.74) is 2.34. The molecule has 0 saturated heterocycles. The van der Waals surface area contributed by atoms with E-state index in [-0.39, 0.29) is 17.6 Å². The zero-order valence-corrected chi connectivity index (χ0v) is 11.5. The molecule has 0 aliphatic rings. The second-order valence-electron chi connectivity index (χ2n) is 4.98. The third-order valence-corrected chi connectivity index (χ3v) is 3.44. The van der Waals surface area contributed by atoms with Crippen LogP contribution in [-0.4, -0.2) is 10.1 Å². The summed E-state index contributed by atoms with van der Waals surface area (Å²) >= 11 is 0. The van der Waals surface area contributed by atoms with Gasteiger partial charge in [0.05, 0.1) is 11.6 Å².